The average molecular weight is 495 g/mol. The van der Waals surface area contributed by atoms with Gasteiger partial charge in [0.25, 0.3) is 0 Å². The van der Waals surface area contributed by atoms with Crippen LogP contribution in [0.3, 0.4) is 0 Å². The fourth-order valence-corrected chi connectivity index (χ4v) is 4.04. The van der Waals surface area contributed by atoms with Crippen molar-refractivity contribution < 1.29 is 9.47 Å². The molecule has 6 aromatic rings. The minimum atomic E-state index is 0.501. The molecule has 0 aliphatic heterocycles. The standard InChI is InChI=1S/C32H22N4O2/c1-3-15-33-29(11-1)25-13-17-35-31(21-25)37-27-9-5-7-23(19-27)24-8-6-10-28(20-24)38-32-22-26(14-18-36-32)30-12-2-4-16-34-30/h1-22H. The van der Waals surface area contributed by atoms with Crippen molar-refractivity contribution in [2.45, 2.75) is 0 Å². The predicted octanol–water partition coefficient (Wildman–Crippen LogP) is 7.85. The second-order valence-electron chi connectivity index (χ2n) is 8.46. The maximum Gasteiger partial charge on any atom is 0.219 e. The van der Waals surface area contributed by atoms with E-state index in [0.29, 0.717) is 23.3 Å². The second kappa shape index (κ2) is 10.7. The van der Waals surface area contributed by atoms with Crippen molar-refractivity contribution in [3.05, 3.63) is 134 Å². The predicted molar refractivity (Wildman–Crippen MR) is 147 cm³/mol. The summed E-state index contributed by atoms with van der Waals surface area (Å²) in [5.74, 6) is 2.37. The molecule has 0 N–H and O–H groups in total. The number of rotatable bonds is 7. The van der Waals surface area contributed by atoms with Gasteiger partial charge in [-0.2, -0.15) is 0 Å². The first-order chi connectivity index (χ1) is 18.8. The summed E-state index contributed by atoms with van der Waals surface area (Å²) < 4.78 is 12.2. The van der Waals surface area contributed by atoms with Crippen LogP contribution in [0.1, 0.15) is 0 Å². The Balaban J connectivity index is 1.21. The Kier molecular flexibility index (Phi) is 6.51. The molecular formula is C32H22N4O2. The van der Waals surface area contributed by atoms with E-state index in [2.05, 4.69) is 19.9 Å². The lowest BCUT2D eigenvalue weighted by atomic mass is 10.1. The van der Waals surface area contributed by atoms with Gasteiger partial charge in [-0.25, -0.2) is 9.97 Å². The number of hydrogen-bond donors (Lipinski definition) is 0. The van der Waals surface area contributed by atoms with E-state index in [-0.39, 0.29) is 0 Å². The molecule has 4 aromatic heterocycles. The highest BCUT2D eigenvalue weighted by Gasteiger charge is 2.08. The number of hydrogen-bond acceptors (Lipinski definition) is 6. The van der Waals surface area contributed by atoms with Gasteiger partial charge in [-0.15, -0.1) is 0 Å². The summed E-state index contributed by atoms with van der Waals surface area (Å²) in [7, 11) is 0. The summed E-state index contributed by atoms with van der Waals surface area (Å²) >= 11 is 0. The largest absolute Gasteiger partial charge is 0.439 e. The van der Waals surface area contributed by atoms with Crippen LogP contribution in [0.25, 0.3) is 33.6 Å². The van der Waals surface area contributed by atoms with Crippen molar-refractivity contribution >= 4 is 0 Å². The molecule has 6 heteroatoms. The molecule has 0 radical (unpaired) electrons. The zero-order valence-corrected chi connectivity index (χ0v) is 20.3. The number of nitrogens with zero attached hydrogens (tertiary/aromatic N) is 4. The molecular weight excluding hydrogens is 472 g/mol. The van der Waals surface area contributed by atoms with Crippen LogP contribution in [-0.2, 0) is 0 Å². The molecule has 4 heterocycles. The molecule has 0 aliphatic carbocycles. The van der Waals surface area contributed by atoms with Crippen molar-refractivity contribution in [2.75, 3.05) is 0 Å². The van der Waals surface area contributed by atoms with E-state index in [1.807, 2.05) is 109 Å². The lowest BCUT2D eigenvalue weighted by Gasteiger charge is -2.10. The Bertz CT molecular complexity index is 1550. The molecule has 0 unspecified atom stereocenters. The highest BCUT2D eigenvalue weighted by atomic mass is 16.5. The van der Waals surface area contributed by atoms with Gasteiger partial charge in [-0.1, -0.05) is 36.4 Å². The Morgan fingerprint density at radius 1 is 0.368 bits per heavy atom. The van der Waals surface area contributed by atoms with E-state index < -0.39 is 0 Å². The van der Waals surface area contributed by atoms with E-state index >= 15 is 0 Å². The van der Waals surface area contributed by atoms with Crippen molar-refractivity contribution in [3.8, 4) is 56.9 Å². The lowest BCUT2D eigenvalue weighted by Crippen LogP contribution is -1.91. The molecule has 38 heavy (non-hydrogen) atoms. The highest BCUT2D eigenvalue weighted by Crippen LogP contribution is 2.31. The van der Waals surface area contributed by atoms with E-state index in [1.54, 1.807) is 24.8 Å². The van der Waals surface area contributed by atoms with Gasteiger partial charge in [-0.3, -0.25) is 9.97 Å². The highest BCUT2D eigenvalue weighted by molar-refractivity contribution is 5.67. The van der Waals surface area contributed by atoms with Crippen molar-refractivity contribution in [2.24, 2.45) is 0 Å². The van der Waals surface area contributed by atoms with Gasteiger partial charge < -0.3 is 9.47 Å². The summed E-state index contributed by atoms with van der Waals surface area (Å²) in [6.45, 7) is 0. The Hall–Kier alpha value is -5.36. The zero-order chi connectivity index (χ0) is 25.6. The summed E-state index contributed by atoms with van der Waals surface area (Å²) in [6, 6.07) is 35.0. The first kappa shape index (κ1) is 23.1. The van der Waals surface area contributed by atoms with Crippen LogP contribution in [0.5, 0.6) is 23.3 Å². The third-order valence-electron chi connectivity index (χ3n) is 5.84. The van der Waals surface area contributed by atoms with Crippen LogP contribution in [-0.4, -0.2) is 19.9 Å². The van der Waals surface area contributed by atoms with Gasteiger partial charge in [0.05, 0.1) is 11.4 Å². The molecule has 2 aromatic carbocycles. The number of pyridine rings is 4. The molecule has 0 fully saturated rings. The van der Waals surface area contributed by atoms with E-state index in [4.69, 9.17) is 9.47 Å². The monoisotopic (exact) mass is 494 g/mol. The second-order valence-corrected chi connectivity index (χ2v) is 8.46. The smallest absolute Gasteiger partial charge is 0.219 e. The fraction of sp³-hybridized carbons (Fsp3) is 0. The lowest BCUT2D eigenvalue weighted by molar-refractivity contribution is 0.462. The quantitative estimate of drug-likeness (QED) is 0.225. The molecule has 0 aliphatic rings. The van der Waals surface area contributed by atoms with Gasteiger partial charge in [0.15, 0.2) is 0 Å². The third kappa shape index (κ3) is 5.39. The normalized spacial score (nSPS) is 10.6. The van der Waals surface area contributed by atoms with Crippen molar-refractivity contribution in [1.82, 2.24) is 19.9 Å². The Labute approximate surface area is 220 Å². The molecule has 0 spiro atoms. The van der Waals surface area contributed by atoms with Crippen LogP contribution in [0.4, 0.5) is 0 Å². The molecule has 0 amide bonds. The van der Waals surface area contributed by atoms with Crippen LogP contribution < -0.4 is 9.47 Å². The number of ether oxygens (including phenoxy) is 2. The first-order valence-electron chi connectivity index (χ1n) is 12.1. The fourth-order valence-electron chi connectivity index (χ4n) is 4.04. The van der Waals surface area contributed by atoms with Crippen LogP contribution in [0.15, 0.2) is 134 Å². The van der Waals surface area contributed by atoms with E-state index in [1.165, 1.54) is 0 Å². The summed E-state index contributed by atoms with van der Waals surface area (Å²) in [5.41, 5.74) is 5.60. The Morgan fingerprint density at radius 2 is 0.868 bits per heavy atom. The first-order valence-corrected chi connectivity index (χ1v) is 12.1. The minimum Gasteiger partial charge on any atom is -0.439 e. The summed E-state index contributed by atoms with van der Waals surface area (Å²) in [6.07, 6.45) is 6.98. The molecule has 0 atom stereocenters. The molecule has 0 saturated heterocycles. The van der Waals surface area contributed by atoms with Crippen molar-refractivity contribution in [1.29, 1.82) is 0 Å². The van der Waals surface area contributed by atoms with E-state index in [0.717, 1.165) is 33.6 Å². The zero-order valence-electron chi connectivity index (χ0n) is 20.3. The molecule has 0 bridgehead atoms. The van der Waals surface area contributed by atoms with Gasteiger partial charge in [-0.05, 0) is 71.8 Å². The molecule has 0 saturated carbocycles. The minimum absolute atomic E-state index is 0.501. The van der Waals surface area contributed by atoms with Crippen LogP contribution in [0.2, 0.25) is 0 Å². The van der Waals surface area contributed by atoms with Crippen molar-refractivity contribution in [3.63, 3.8) is 0 Å². The summed E-state index contributed by atoms with van der Waals surface area (Å²) in [5, 5.41) is 0. The maximum absolute atomic E-state index is 6.10. The van der Waals surface area contributed by atoms with Gasteiger partial charge in [0, 0.05) is 48.0 Å². The van der Waals surface area contributed by atoms with Gasteiger partial charge >= 0.3 is 0 Å². The van der Waals surface area contributed by atoms with Crippen LogP contribution in [0, 0.1) is 0 Å². The molecule has 6 rings (SSSR count). The SMILES string of the molecule is c1ccc(-c2ccnc(Oc3cccc(-c4cccc(Oc5cc(-c6ccccn6)ccn5)c4)c3)c2)nc1. The topological polar surface area (TPSA) is 70.0 Å². The number of aromatic nitrogens is 4. The average Bonchev–Trinajstić information content (AvgIpc) is 2.99. The maximum atomic E-state index is 6.10. The summed E-state index contributed by atoms with van der Waals surface area (Å²) in [4.78, 5) is 17.6. The van der Waals surface area contributed by atoms with Crippen LogP contribution >= 0.6 is 0 Å². The Morgan fingerprint density at radius 3 is 1.32 bits per heavy atom. The molecule has 182 valence electrons. The van der Waals surface area contributed by atoms with Gasteiger partial charge in [0.1, 0.15) is 11.5 Å². The number of benzene rings is 2. The third-order valence-corrected chi connectivity index (χ3v) is 5.84. The van der Waals surface area contributed by atoms with E-state index in [9.17, 15) is 0 Å². The molecule has 6 nitrogen and oxygen atoms in total. The van der Waals surface area contributed by atoms with Gasteiger partial charge in [0.2, 0.25) is 11.8 Å².